The van der Waals surface area contributed by atoms with Crippen molar-refractivity contribution >= 4 is 41.3 Å². The Hall–Kier alpha value is -0.370. The van der Waals surface area contributed by atoms with Crippen molar-refractivity contribution in [3.05, 3.63) is 16.1 Å². The van der Waals surface area contributed by atoms with Crippen LogP contribution in [0.5, 0.6) is 0 Å². The fraction of sp³-hybridized carbons (Fsp3) is 0.750. The third kappa shape index (κ3) is 6.81. The zero-order valence-electron chi connectivity index (χ0n) is 13.7. The van der Waals surface area contributed by atoms with E-state index in [2.05, 4.69) is 29.5 Å². The highest BCUT2D eigenvalue weighted by molar-refractivity contribution is 14.0. The first-order chi connectivity index (χ1) is 10.3. The van der Waals surface area contributed by atoms with E-state index in [-0.39, 0.29) is 24.0 Å². The van der Waals surface area contributed by atoms with Crippen molar-refractivity contribution in [2.24, 2.45) is 4.99 Å². The van der Waals surface area contributed by atoms with E-state index >= 15 is 0 Å². The van der Waals surface area contributed by atoms with Gasteiger partial charge < -0.3 is 10.6 Å². The van der Waals surface area contributed by atoms with Crippen LogP contribution in [0.25, 0.3) is 0 Å². The van der Waals surface area contributed by atoms with Gasteiger partial charge in [0.1, 0.15) is 0 Å². The number of rotatable bonds is 6. The molecule has 0 aliphatic heterocycles. The Balaban J connectivity index is 0.00000242. The molecule has 0 unspecified atom stereocenters. The zero-order valence-corrected chi connectivity index (χ0v) is 16.9. The van der Waals surface area contributed by atoms with E-state index in [4.69, 9.17) is 4.99 Å². The fourth-order valence-corrected chi connectivity index (χ4v) is 3.50. The molecule has 6 heteroatoms. The van der Waals surface area contributed by atoms with Gasteiger partial charge in [0.05, 0.1) is 5.01 Å². The third-order valence-corrected chi connectivity index (χ3v) is 5.04. The van der Waals surface area contributed by atoms with Crippen molar-refractivity contribution in [3.63, 3.8) is 0 Å². The van der Waals surface area contributed by atoms with E-state index in [1.165, 1.54) is 42.0 Å². The predicted molar refractivity (Wildman–Crippen MR) is 107 cm³/mol. The van der Waals surface area contributed by atoms with E-state index in [9.17, 15) is 0 Å². The van der Waals surface area contributed by atoms with Crippen molar-refractivity contribution in [2.45, 2.75) is 64.8 Å². The van der Waals surface area contributed by atoms with Crippen LogP contribution >= 0.6 is 35.3 Å². The largest absolute Gasteiger partial charge is 0.357 e. The number of guanidine groups is 1. The number of aryl methyl sites for hydroxylation is 1. The summed E-state index contributed by atoms with van der Waals surface area (Å²) >= 11 is 1.81. The number of aliphatic imine (C=N–C) groups is 1. The summed E-state index contributed by atoms with van der Waals surface area (Å²) in [5.41, 5.74) is 0. The Kier molecular flexibility index (Phi) is 10.0. The number of hydrogen-bond acceptors (Lipinski definition) is 3. The first kappa shape index (κ1) is 19.7. The zero-order chi connectivity index (χ0) is 14.9. The van der Waals surface area contributed by atoms with Crippen LogP contribution in [0.2, 0.25) is 0 Å². The van der Waals surface area contributed by atoms with Crippen LogP contribution in [0.3, 0.4) is 0 Å². The van der Waals surface area contributed by atoms with Gasteiger partial charge in [0, 0.05) is 36.6 Å². The molecule has 4 nitrogen and oxygen atoms in total. The van der Waals surface area contributed by atoms with Gasteiger partial charge in [-0.2, -0.15) is 0 Å². The second-order valence-electron chi connectivity index (χ2n) is 5.56. The van der Waals surface area contributed by atoms with Crippen LogP contribution in [-0.2, 0) is 12.8 Å². The Morgan fingerprint density at radius 3 is 2.73 bits per heavy atom. The van der Waals surface area contributed by atoms with Crippen molar-refractivity contribution < 1.29 is 0 Å². The Labute approximate surface area is 155 Å². The van der Waals surface area contributed by atoms with Gasteiger partial charge in [-0.3, -0.25) is 4.99 Å². The van der Waals surface area contributed by atoms with Crippen LogP contribution in [-0.4, -0.2) is 30.1 Å². The number of aromatic nitrogens is 1. The summed E-state index contributed by atoms with van der Waals surface area (Å²) in [5, 5.41) is 8.13. The van der Waals surface area contributed by atoms with Crippen LogP contribution in [0.4, 0.5) is 0 Å². The van der Waals surface area contributed by atoms with Gasteiger partial charge in [-0.05, 0) is 26.2 Å². The van der Waals surface area contributed by atoms with Crippen molar-refractivity contribution in [1.82, 2.24) is 15.6 Å². The highest BCUT2D eigenvalue weighted by Crippen LogP contribution is 2.17. The lowest BCUT2D eigenvalue weighted by Crippen LogP contribution is -2.44. The molecule has 0 saturated heterocycles. The minimum absolute atomic E-state index is 0. The molecule has 1 heterocycles. The fourth-order valence-electron chi connectivity index (χ4n) is 2.65. The quantitative estimate of drug-likeness (QED) is 0.406. The van der Waals surface area contributed by atoms with Crippen LogP contribution in [0.1, 0.15) is 55.8 Å². The summed E-state index contributed by atoms with van der Waals surface area (Å²) < 4.78 is 0. The average molecular weight is 436 g/mol. The molecule has 126 valence electrons. The van der Waals surface area contributed by atoms with Crippen molar-refractivity contribution in [2.75, 3.05) is 13.1 Å². The highest BCUT2D eigenvalue weighted by atomic mass is 127. The number of thiazole rings is 1. The van der Waals surface area contributed by atoms with E-state index in [1.54, 1.807) is 0 Å². The summed E-state index contributed by atoms with van der Waals surface area (Å²) in [4.78, 5) is 10.5. The number of hydrogen-bond donors (Lipinski definition) is 2. The molecule has 1 aliphatic carbocycles. The molecule has 0 spiro atoms. The maximum Gasteiger partial charge on any atom is 0.191 e. The van der Waals surface area contributed by atoms with Gasteiger partial charge >= 0.3 is 0 Å². The summed E-state index contributed by atoms with van der Waals surface area (Å²) in [6, 6.07) is 0.600. The lowest BCUT2D eigenvalue weighted by atomic mass is 9.96. The van der Waals surface area contributed by atoms with E-state index in [0.717, 1.165) is 31.9 Å². The van der Waals surface area contributed by atoms with Crippen LogP contribution < -0.4 is 10.6 Å². The Morgan fingerprint density at radius 1 is 1.32 bits per heavy atom. The van der Waals surface area contributed by atoms with Gasteiger partial charge in [0.25, 0.3) is 0 Å². The standard InChI is InChI=1S/C16H28N4S.HI/c1-3-14-12-19-15(21-14)10-11-18-16(17-4-2)20-13-8-6-5-7-9-13;/h12-13H,3-11H2,1-2H3,(H2,17,18,20);1H. The van der Waals surface area contributed by atoms with Gasteiger partial charge in [0.2, 0.25) is 0 Å². The summed E-state index contributed by atoms with van der Waals surface area (Å²) in [6.45, 7) is 6.01. The van der Waals surface area contributed by atoms with Crippen LogP contribution in [0, 0.1) is 0 Å². The summed E-state index contributed by atoms with van der Waals surface area (Å²) in [7, 11) is 0. The number of nitrogens with zero attached hydrogens (tertiary/aromatic N) is 2. The second kappa shape index (κ2) is 11.2. The molecule has 1 aliphatic rings. The lowest BCUT2D eigenvalue weighted by Gasteiger charge is -2.24. The second-order valence-corrected chi connectivity index (χ2v) is 6.76. The van der Waals surface area contributed by atoms with Gasteiger partial charge in [-0.1, -0.05) is 26.2 Å². The van der Waals surface area contributed by atoms with Gasteiger partial charge in [-0.25, -0.2) is 4.98 Å². The molecule has 0 aromatic carbocycles. The molecule has 1 fully saturated rings. The molecule has 2 N–H and O–H groups in total. The lowest BCUT2D eigenvalue weighted by molar-refractivity contribution is 0.410. The molecule has 0 atom stereocenters. The highest BCUT2D eigenvalue weighted by Gasteiger charge is 2.14. The van der Waals surface area contributed by atoms with Crippen molar-refractivity contribution in [3.8, 4) is 0 Å². The normalized spacial score (nSPS) is 16.2. The Bertz CT molecular complexity index is 441. The molecule has 2 rings (SSSR count). The minimum Gasteiger partial charge on any atom is -0.357 e. The molecule has 1 aromatic rings. The molecule has 0 radical (unpaired) electrons. The molecule has 1 saturated carbocycles. The Morgan fingerprint density at radius 2 is 2.09 bits per heavy atom. The van der Waals surface area contributed by atoms with Crippen LogP contribution in [0.15, 0.2) is 11.2 Å². The molecule has 1 aromatic heterocycles. The summed E-state index contributed by atoms with van der Waals surface area (Å²) in [5.74, 6) is 0.969. The molecule has 0 amide bonds. The van der Waals surface area contributed by atoms with E-state index < -0.39 is 0 Å². The minimum atomic E-state index is 0. The summed E-state index contributed by atoms with van der Waals surface area (Å²) in [6.07, 6.45) is 10.6. The maximum absolute atomic E-state index is 4.70. The van der Waals surface area contributed by atoms with Gasteiger partial charge in [-0.15, -0.1) is 35.3 Å². The predicted octanol–water partition coefficient (Wildman–Crippen LogP) is 3.75. The monoisotopic (exact) mass is 436 g/mol. The third-order valence-electron chi connectivity index (χ3n) is 3.84. The SMILES string of the molecule is CCNC(=NCCc1ncc(CC)s1)NC1CCCCC1.I. The van der Waals surface area contributed by atoms with E-state index in [0.29, 0.717) is 6.04 Å². The topological polar surface area (TPSA) is 49.3 Å². The van der Waals surface area contributed by atoms with Crippen molar-refractivity contribution in [1.29, 1.82) is 0 Å². The molecule has 0 bridgehead atoms. The number of halogens is 1. The number of nitrogens with one attached hydrogen (secondary N) is 2. The first-order valence-electron chi connectivity index (χ1n) is 8.30. The van der Waals surface area contributed by atoms with E-state index in [1.807, 2.05) is 17.5 Å². The van der Waals surface area contributed by atoms with Gasteiger partial charge in [0.15, 0.2) is 5.96 Å². The average Bonchev–Trinajstić information content (AvgIpc) is 2.96. The molecule has 22 heavy (non-hydrogen) atoms. The molecular formula is C16H29IN4S. The first-order valence-corrected chi connectivity index (χ1v) is 9.12. The maximum atomic E-state index is 4.70. The smallest absolute Gasteiger partial charge is 0.191 e. The molecular weight excluding hydrogens is 407 g/mol.